The number of aromatic nitrogens is 6. The molecule has 0 aliphatic rings. The molecule has 0 bridgehead atoms. The Morgan fingerprint density at radius 2 is 1.71 bits per heavy atom. The molecule has 100 valence electrons. The molecule has 0 saturated carbocycles. The molecular formula is C13H8N8. The predicted molar refractivity (Wildman–Crippen MR) is 74.8 cm³/mol. The Bertz CT molecular complexity index is 1020. The Morgan fingerprint density at radius 1 is 0.952 bits per heavy atom. The monoisotopic (exact) mass is 276 g/mol. The average molecular weight is 276 g/mol. The average Bonchev–Trinajstić information content (AvgIpc) is 3.10. The van der Waals surface area contributed by atoms with E-state index in [2.05, 4.69) is 26.7 Å². The van der Waals surface area contributed by atoms with Gasteiger partial charge in [-0.3, -0.25) is 0 Å². The molecule has 2 N–H and O–H groups in total. The summed E-state index contributed by atoms with van der Waals surface area (Å²) in [4.78, 5) is 1.22. The first-order valence-electron chi connectivity index (χ1n) is 6.13. The van der Waals surface area contributed by atoms with Crippen molar-refractivity contribution in [3.63, 3.8) is 0 Å². The predicted octanol–water partition coefficient (Wildman–Crippen LogP) is 0.751. The first-order valence-corrected chi connectivity index (χ1v) is 6.13. The van der Waals surface area contributed by atoms with Crippen molar-refractivity contribution in [2.24, 2.45) is 0 Å². The fraction of sp³-hybridized carbons (Fsp3) is 0. The van der Waals surface area contributed by atoms with Crippen molar-refractivity contribution in [2.75, 3.05) is 5.84 Å². The van der Waals surface area contributed by atoms with Gasteiger partial charge in [-0.05, 0) is 41.6 Å². The van der Waals surface area contributed by atoms with Gasteiger partial charge >= 0.3 is 0 Å². The topological polar surface area (TPSA) is 111 Å². The second kappa shape index (κ2) is 4.01. The van der Waals surface area contributed by atoms with E-state index < -0.39 is 0 Å². The van der Waals surface area contributed by atoms with Crippen LogP contribution in [0, 0.1) is 11.3 Å². The molecule has 0 aliphatic carbocycles. The molecule has 0 fully saturated rings. The summed E-state index contributed by atoms with van der Waals surface area (Å²) in [6, 6.07) is 12.9. The summed E-state index contributed by atoms with van der Waals surface area (Å²) in [5, 5.41) is 24.9. The second-order valence-electron chi connectivity index (χ2n) is 4.52. The summed E-state index contributed by atoms with van der Waals surface area (Å²) in [5.41, 5.74) is 4.23. The lowest BCUT2D eigenvalue weighted by Gasteiger charge is -2.02. The molecule has 8 heteroatoms. The maximum Gasteiger partial charge on any atom is 0.117 e. The summed E-state index contributed by atoms with van der Waals surface area (Å²) in [5.74, 6) is 5.65. The van der Waals surface area contributed by atoms with E-state index in [9.17, 15) is 0 Å². The molecule has 2 heterocycles. The van der Waals surface area contributed by atoms with E-state index in [0.717, 1.165) is 16.7 Å². The number of nitrogen functional groups attached to an aromatic ring is 1. The highest BCUT2D eigenvalue weighted by atomic mass is 15.6. The van der Waals surface area contributed by atoms with Crippen LogP contribution >= 0.6 is 0 Å². The highest BCUT2D eigenvalue weighted by molar-refractivity contribution is 5.81. The quantitative estimate of drug-likeness (QED) is 0.513. The Hall–Kier alpha value is -3.47. The van der Waals surface area contributed by atoms with Gasteiger partial charge < -0.3 is 5.84 Å². The van der Waals surface area contributed by atoms with E-state index in [1.807, 2.05) is 24.3 Å². The molecular weight excluding hydrogens is 268 g/mol. The van der Waals surface area contributed by atoms with Crippen LogP contribution in [0.4, 0.5) is 0 Å². The molecule has 0 radical (unpaired) electrons. The molecule has 0 aliphatic heterocycles. The van der Waals surface area contributed by atoms with Crippen LogP contribution in [0.25, 0.3) is 27.8 Å². The van der Waals surface area contributed by atoms with Crippen LogP contribution in [0.5, 0.6) is 0 Å². The summed E-state index contributed by atoms with van der Waals surface area (Å²) in [7, 11) is 0. The number of hydrogen-bond acceptors (Lipinski definition) is 6. The molecule has 0 atom stereocenters. The van der Waals surface area contributed by atoms with Crippen molar-refractivity contribution in [1.82, 2.24) is 30.1 Å². The van der Waals surface area contributed by atoms with Gasteiger partial charge in [0.1, 0.15) is 16.6 Å². The fourth-order valence-electron chi connectivity index (χ4n) is 2.25. The van der Waals surface area contributed by atoms with Gasteiger partial charge in [0.15, 0.2) is 0 Å². The number of fused-ring (bicyclic) bond motifs is 2. The fourth-order valence-corrected chi connectivity index (χ4v) is 2.25. The van der Waals surface area contributed by atoms with Crippen molar-refractivity contribution in [2.45, 2.75) is 0 Å². The maximum absolute atomic E-state index is 8.91. The summed E-state index contributed by atoms with van der Waals surface area (Å²) in [6.45, 7) is 0. The lowest BCUT2D eigenvalue weighted by atomic mass is 10.2. The van der Waals surface area contributed by atoms with Crippen LogP contribution in [0.1, 0.15) is 5.56 Å². The standard InChI is InChI=1S/C13H8N8/c14-7-8-1-3-12-10(5-8)16-18-20(12)9-2-4-13-11(6-9)17-19-21(13)15/h1-6H,15H2. The normalized spacial score (nSPS) is 11.0. The van der Waals surface area contributed by atoms with Crippen LogP contribution in [0.3, 0.4) is 0 Å². The van der Waals surface area contributed by atoms with Crippen molar-refractivity contribution < 1.29 is 0 Å². The zero-order valence-corrected chi connectivity index (χ0v) is 10.7. The van der Waals surface area contributed by atoms with E-state index in [1.54, 1.807) is 16.8 Å². The molecule has 0 unspecified atom stereocenters. The number of hydrogen-bond donors (Lipinski definition) is 1. The Labute approximate surface area is 118 Å². The van der Waals surface area contributed by atoms with Crippen LogP contribution < -0.4 is 5.84 Å². The third-order valence-corrected chi connectivity index (χ3v) is 3.27. The van der Waals surface area contributed by atoms with E-state index in [0.29, 0.717) is 16.6 Å². The molecule has 0 saturated heterocycles. The van der Waals surface area contributed by atoms with E-state index in [-0.39, 0.29) is 0 Å². The minimum absolute atomic E-state index is 0.552. The summed E-state index contributed by atoms with van der Waals surface area (Å²) < 4.78 is 1.69. The first-order chi connectivity index (χ1) is 10.3. The minimum atomic E-state index is 0.552. The number of rotatable bonds is 1. The van der Waals surface area contributed by atoms with Gasteiger partial charge in [-0.1, -0.05) is 5.21 Å². The molecule has 0 amide bonds. The van der Waals surface area contributed by atoms with Crippen LogP contribution in [-0.2, 0) is 0 Å². The van der Waals surface area contributed by atoms with Crippen LogP contribution in [0.15, 0.2) is 36.4 Å². The second-order valence-corrected chi connectivity index (χ2v) is 4.52. The highest BCUT2D eigenvalue weighted by Crippen LogP contribution is 2.20. The molecule has 2 aromatic heterocycles. The third kappa shape index (κ3) is 1.61. The number of nitrogens with two attached hydrogens (primary N) is 1. The maximum atomic E-state index is 8.91. The van der Waals surface area contributed by atoms with Crippen molar-refractivity contribution in [3.05, 3.63) is 42.0 Å². The smallest absolute Gasteiger partial charge is 0.117 e. The van der Waals surface area contributed by atoms with Crippen LogP contribution in [-0.4, -0.2) is 30.1 Å². The molecule has 4 aromatic rings. The molecule has 4 rings (SSSR count). The zero-order valence-electron chi connectivity index (χ0n) is 10.7. The van der Waals surface area contributed by atoms with E-state index in [4.69, 9.17) is 11.1 Å². The van der Waals surface area contributed by atoms with Gasteiger partial charge in [-0.25, -0.2) is 4.68 Å². The molecule has 21 heavy (non-hydrogen) atoms. The van der Waals surface area contributed by atoms with E-state index in [1.165, 1.54) is 4.79 Å². The number of nitrogens with zero attached hydrogens (tertiary/aromatic N) is 7. The van der Waals surface area contributed by atoms with Crippen molar-refractivity contribution >= 4 is 22.1 Å². The Balaban J connectivity index is 1.93. The molecule has 2 aromatic carbocycles. The van der Waals surface area contributed by atoms with Crippen molar-refractivity contribution in [3.8, 4) is 11.8 Å². The lowest BCUT2D eigenvalue weighted by Crippen LogP contribution is -2.09. The number of benzene rings is 2. The van der Waals surface area contributed by atoms with E-state index >= 15 is 0 Å². The lowest BCUT2D eigenvalue weighted by molar-refractivity contribution is 0.787. The minimum Gasteiger partial charge on any atom is -0.321 e. The number of nitriles is 1. The van der Waals surface area contributed by atoms with Gasteiger partial charge in [-0.15, -0.1) is 10.2 Å². The Kier molecular flexibility index (Phi) is 2.17. The zero-order chi connectivity index (χ0) is 14.4. The van der Waals surface area contributed by atoms with Gasteiger partial charge in [0.2, 0.25) is 0 Å². The largest absolute Gasteiger partial charge is 0.321 e. The SMILES string of the molecule is N#Cc1ccc2c(c1)nnn2-c1ccc2c(c1)nnn2N. The van der Waals surface area contributed by atoms with Gasteiger partial charge in [0.05, 0.1) is 22.8 Å². The third-order valence-electron chi connectivity index (χ3n) is 3.27. The molecule has 0 spiro atoms. The van der Waals surface area contributed by atoms with Gasteiger partial charge in [0, 0.05) is 0 Å². The Morgan fingerprint density at radius 3 is 2.57 bits per heavy atom. The highest BCUT2D eigenvalue weighted by Gasteiger charge is 2.09. The van der Waals surface area contributed by atoms with Crippen LogP contribution in [0.2, 0.25) is 0 Å². The van der Waals surface area contributed by atoms with Gasteiger partial charge in [0.25, 0.3) is 0 Å². The summed E-state index contributed by atoms with van der Waals surface area (Å²) in [6.07, 6.45) is 0. The molecule has 8 nitrogen and oxygen atoms in total. The summed E-state index contributed by atoms with van der Waals surface area (Å²) >= 11 is 0. The first kappa shape index (κ1) is 11.4. The van der Waals surface area contributed by atoms with Gasteiger partial charge in [-0.2, -0.15) is 10.1 Å². The van der Waals surface area contributed by atoms with Crippen molar-refractivity contribution in [1.29, 1.82) is 5.26 Å².